The molecule has 0 N–H and O–H groups in total. The summed E-state index contributed by atoms with van der Waals surface area (Å²) in [6.07, 6.45) is 7.39. The van der Waals surface area contributed by atoms with Gasteiger partial charge in [-0.15, -0.1) is 0 Å². The van der Waals surface area contributed by atoms with Gasteiger partial charge in [0.15, 0.2) is 0 Å². The SMILES string of the molecule is C1=C[C@H](P(c2ccccc2)c2ccccc2)C(CP(c2ccccc2)c2ccccc2)C1. The molecule has 0 aromatic heterocycles. The van der Waals surface area contributed by atoms with Gasteiger partial charge in [0, 0.05) is 5.66 Å². The molecular weight excluding hydrogens is 422 g/mol. The Labute approximate surface area is 194 Å². The number of hydrogen-bond acceptors (Lipinski definition) is 0. The first-order valence-corrected chi connectivity index (χ1v) is 14.3. The highest BCUT2D eigenvalue weighted by atomic mass is 31.1. The first-order valence-electron chi connectivity index (χ1n) is 11.3. The van der Waals surface area contributed by atoms with E-state index in [1.165, 1.54) is 33.8 Å². The summed E-state index contributed by atoms with van der Waals surface area (Å²) in [5, 5.41) is 5.95. The van der Waals surface area contributed by atoms with Crippen LogP contribution in [0.1, 0.15) is 6.42 Å². The molecule has 0 saturated carbocycles. The summed E-state index contributed by atoms with van der Waals surface area (Å²) in [4.78, 5) is 0. The normalized spacial score (nSPS) is 17.8. The van der Waals surface area contributed by atoms with E-state index in [0.29, 0.717) is 11.6 Å². The second kappa shape index (κ2) is 10.4. The van der Waals surface area contributed by atoms with Crippen molar-refractivity contribution in [3.05, 3.63) is 133 Å². The van der Waals surface area contributed by atoms with E-state index < -0.39 is 7.92 Å². The monoisotopic (exact) mass is 450 g/mol. The molecule has 1 unspecified atom stereocenters. The van der Waals surface area contributed by atoms with Crippen LogP contribution in [-0.2, 0) is 0 Å². The van der Waals surface area contributed by atoms with Crippen molar-refractivity contribution < 1.29 is 0 Å². The van der Waals surface area contributed by atoms with Crippen LogP contribution in [0.2, 0.25) is 0 Å². The van der Waals surface area contributed by atoms with Crippen molar-refractivity contribution in [3.63, 3.8) is 0 Å². The second-order valence-electron chi connectivity index (χ2n) is 8.24. The minimum atomic E-state index is -0.436. The first kappa shape index (κ1) is 21.3. The Kier molecular flexibility index (Phi) is 6.93. The van der Waals surface area contributed by atoms with Gasteiger partial charge in [-0.3, -0.25) is 0 Å². The predicted octanol–water partition coefficient (Wildman–Crippen LogP) is 6.20. The summed E-state index contributed by atoms with van der Waals surface area (Å²) >= 11 is 0. The Morgan fingerprint density at radius 2 is 0.938 bits per heavy atom. The summed E-state index contributed by atoms with van der Waals surface area (Å²) < 4.78 is 0. The third-order valence-corrected chi connectivity index (χ3v) is 11.8. The van der Waals surface area contributed by atoms with Crippen LogP contribution in [-0.4, -0.2) is 11.8 Å². The molecule has 0 bridgehead atoms. The Hall–Kier alpha value is -2.52. The van der Waals surface area contributed by atoms with E-state index in [-0.39, 0.29) is 7.92 Å². The molecule has 0 radical (unpaired) electrons. The zero-order chi connectivity index (χ0) is 21.6. The minimum absolute atomic E-state index is 0.381. The molecule has 0 aliphatic heterocycles. The molecule has 0 fully saturated rings. The lowest BCUT2D eigenvalue weighted by Crippen LogP contribution is -2.28. The van der Waals surface area contributed by atoms with Crippen LogP contribution < -0.4 is 21.2 Å². The highest BCUT2D eigenvalue weighted by Crippen LogP contribution is 2.50. The molecule has 0 nitrogen and oxygen atoms in total. The smallest absolute Gasteiger partial charge is 0.00854 e. The molecule has 1 aliphatic rings. The molecule has 0 heterocycles. The topological polar surface area (TPSA) is 0 Å². The Morgan fingerprint density at radius 3 is 1.38 bits per heavy atom. The van der Waals surface area contributed by atoms with Crippen LogP contribution in [0.5, 0.6) is 0 Å². The zero-order valence-corrected chi connectivity index (χ0v) is 20.0. The van der Waals surface area contributed by atoms with E-state index in [0.717, 1.165) is 0 Å². The molecule has 0 spiro atoms. The number of hydrogen-bond donors (Lipinski definition) is 0. The van der Waals surface area contributed by atoms with Gasteiger partial charge in [0.05, 0.1) is 0 Å². The van der Waals surface area contributed by atoms with Gasteiger partial charge in [0.1, 0.15) is 0 Å². The summed E-state index contributed by atoms with van der Waals surface area (Å²) in [5.41, 5.74) is 0.576. The molecule has 158 valence electrons. The molecular formula is C30H28P2. The standard InChI is InChI=1S/C30H28P2/c1-5-15-26(16-6-1)31(27-17-7-2-8-18-27)24-25-14-13-23-30(25)32(28-19-9-3-10-20-28)29-21-11-4-12-22-29/h1-13,15-23,25,30H,14,24H2/t25?,30-/m0/s1. The van der Waals surface area contributed by atoms with Crippen molar-refractivity contribution in [2.24, 2.45) is 5.92 Å². The van der Waals surface area contributed by atoms with Crippen molar-refractivity contribution in [1.29, 1.82) is 0 Å². The first-order chi connectivity index (χ1) is 15.9. The van der Waals surface area contributed by atoms with Crippen LogP contribution >= 0.6 is 15.8 Å². The number of rotatable bonds is 7. The molecule has 5 rings (SSSR count). The van der Waals surface area contributed by atoms with E-state index in [1.54, 1.807) is 0 Å². The van der Waals surface area contributed by atoms with E-state index in [9.17, 15) is 0 Å². The fraction of sp³-hybridized carbons (Fsp3) is 0.133. The lowest BCUT2D eigenvalue weighted by molar-refractivity contribution is 0.656. The van der Waals surface area contributed by atoms with Crippen molar-refractivity contribution in [3.8, 4) is 0 Å². The highest BCUT2D eigenvalue weighted by molar-refractivity contribution is 7.74. The van der Waals surface area contributed by atoms with Gasteiger partial charge < -0.3 is 0 Å². The van der Waals surface area contributed by atoms with Gasteiger partial charge >= 0.3 is 0 Å². The molecule has 2 heteroatoms. The fourth-order valence-corrected chi connectivity index (χ4v) is 10.4. The summed E-state index contributed by atoms with van der Waals surface area (Å²) in [7, 11) is -0.817. The second-order valence-corrected chi connectivity index (χ2v) is 12.9. The lowest BCUT2D eigenvalue weighted by Gasteiger charge is -2.32. The summed E-state index contributed by atoms with van der Waals surface area (Å²) in [6.45, 7) is 0. The third kappa shape index (κ3) is 4.78. The molecule has 32 heavy (non-hydrogen) atoms. The van der Waals surface area contributed by atoms with Crippen molar-refractivity contribution in [1.82, 2.24) is 0 Å². The molecule has 1 aliphatic carbocycles. The van der Waals surface area contributed by atoms with Crippen molar-refractivity contribution in [2.45, 2.75) is 12.1 Å². The average Bonchev–Trinajstić information content (AvgIpc) is 3.33. The Bertz CT molecular complexity index is 1050. The maximum Gasteiger partial charge on any atom is 0.00854 e. The largest absolute Gasteiger partial charge is 0.0875 e. The molecule has 2 atom stereocenters. The van der Waals surface area contributed by atoms with Crippen molar-refractivity contribution in [2.75, 3.05) is 6.16 Å². The maximum absolute atomic E-state index is 2.53. The van der Waals surface area contributed by atoms with Crippen molar-refractivity contribution >= 4 is 37.1 Å². The lowest BCUT2D eigenvalue weighted by atomic mass is 10.1. The number of allylic oxidation sites excluding steroid dienone is 2. The van der Waals surface area contributed by atoms with Crippen LogP contribution in [0.3, 0.4) is 0 Å². The van der Waals surface area contributed by atoms with Gasteiger partial charge in [-0.1, -0.05) is 133 Å². The predicted molar refractivity (Wildman–Crippen MR) is 144 cm³/mol. The zero-order valence-electron chi connectivity index (χ0n) is 18.2. The average molecular weight is 451 g/mol. The van der Waals surface area contributed by atoms with Gasteiger partial charge in [0.25, 0.3) is 0 Å². The van der Waals surface area contributed by atoms with Crippen LogP contribution in [0.25, 0.3) is 0 Å². The summed E-state index contributed by atoms with van der Waals surface area (Å²) in [5.74, 6) is 0.660. The van der Waals surface area contributed by atoms with E-state index >= 15 is 0 Å². The Morgan fingerprint density at radius 1 is 0.531 bits per heavy atom. The van der Waals surface area contributed by atoms with Gasteiger partial charge in [-0.05, 0) is 55.6 Å². The third-order valence-electron chi connectivity index (χ3n) is 6.17. The molecule has 0 saturated heterocycles. The molecule has 4 aromatic rings. The van der Waals surface area contributed by atoms with Crippen LogP contribution in [0, 0.1) is 5.92 Å². The van der Waals surface area contributed by atoms with E-state index in [1.807, 2.05) is 0 Å². The fourth-order valence-electron chi connectivity index (χ4n) is 4.65. The van der Waals surface area contributed by atoms with Crippen LogP contribution in [0.4, 0.5) is 0 Å². The van der Waals surface area contributed by atoms with E-state index in [4.69, 9.17) is 0 Å². The minimum Gasteiger partial charge on any atom is -0.0875 e. The molecule has 0 amide bonds. The Balaban J connectivity index is 1.50. The highest BCUT2D eigenvalue weighted by Gasteiger charge is 2.34. The van der Waals surface area contributed by atoms with Gasteiger partial charge in [-0.2, -0.15) is 0 Å². The van der Waals surface area contributed by atoms with Crippen LogP contribution in [0.15, 0.2) is 133 Å². The maximum atomic E-state index is 2.53. The quantitative estimate of drug-likeness (QED) is 0.232. The number of benzene rings is 4. The van der Waals surface area contributed by atoms with E-state index in [2.05, 4.69) is 133 Å². The molecule has 4 aromatic carbocycles. The van der Waals surface area contributed by atoms with Gasteiger partial charge in [-0.25, -0.2) is 0 Å². The van der Waals surface area contributed by atoms with Gasteiger partial charge in [0.2, 0.25) is 0 Å². The summed E-state index contributed by atoms with van der Waals surface area (Å²) in [6, 6.07) is 44.7.